The smallest absolute Gasteiger partial charge is 0.253 e. The molecular weight excluding hydrogens is 586 g/mol. The van der Waals surface area contributed by atoms with Crippen LogP contribution >= 0.6 is 0 Å². The van der Waals surface area contributed by atoms with Crippen molar-refractivity contribution in [1.82, 2.24) is 20.9 Å². The van der Waals surface area contributed by atoms with Gasteiger partial charge in [0.25, 0.3) is 5.91 Å². The number of sulfone groups is 1. The van der Waals surface area contributed by atoms with Crippen LogP contribution in [0.25, 0.3) is 0 Å². The molecule has 13 heteroatoms. The van der Waals surface area contributed by atoms with Gasteiger partial charge in [-0.3, -0.25) is 19.4 Å². The van der Waals surface area contributed by atoms with E-state index in [-0.39, 0.29) is 18.4 Å². The highest BCUT2D eigenvalue weighted by molar-refractivity contribution is 7.92. The standard InChI is InChI=1S/C31H43N5O7S/c1-4-10-24(11-5-2)44(42,43)20-27(36-30(40)23-14-9-17-33-19-23)31(41)35-26(18-22-12-7-6-8-13-22)29(39)28(38)25(15-16-32)34-21(3)37/h6-9,12-14,17,19,24-29,38-39H,4-5,10-11,15,18,20H2,1-3H3,(H,34,37)(H,35,41)(H,36,40)/t25-,26+,27-,28-,29-/m1/s1. The quantitative estimate of drug-likeness (QED) is 0.162. The summed E-state index contributed by atoms with van der Waals surface area (Å²) in [7, 11) is -3.87. The van der Waals surface area contributed by atoms with Crippen molar-refractivity contribution < 1.29 is 33.0 Å². The van der Waals surface area contributed by atoms with Crippen molar-refractivity contribution in [3.63, 3.8) is 0 Å². The van der Waals surface area contributed by atoms with E-state index in [1.165, 1.54) is 31.5 Å². The topological polar surface area (TPSA) is 199 Å². The number of amides is 3. The summed E-state index contributed by atoms with van der Waals surface area (Å²) in [4.78, 5) is 42.5. The van der Waals surface area contributed by atoms with E-state index in [9.17, 15) is 38.3 Å². The number of aliphatic hydroxyl groups is 2. The number of nitrogens with one attached hydrogen (secondary N) is 3. The van der Waals surface area contributed by atoms with Gasteiger partial charge < -0.3 is 26.2 Å². The molecule has 0 saturated heterocycles. The summed E-state index contributed by atoms with van der Waals surface area (Å²) in [6.45, 7) is 4.94. The molecule has 2 aromatic rings. The Bertz CT molecular complexity index is 1350. The number of hydrogen-bond donors (Lipinski definition) is 5. The molecule has 0 fully saturated rings. The number of aliphatic hydroxyl groups excluding tert-OH is 2. The second kappa shape index (κ2) is 18.1. The van der Waals surface area contributed by atoms with E-state index in [1.807, 2.05) is 19.9 Å². The van der Waals surface area contributed by atoms with E-state index in [4.69, 9.17) is 0 Å². The predicted octanol–water partition coefficient (Wildman–Crippen LogP) is 1.43. The minimum atomic E-state index is -3.87. The van der Waals surface area contributed by atoms with Gasteiger partial charge in [0.05, 0.1) is 41.1 Å². The molecule has 0 aliphatic carbocycles. The number of hydrogen-bond acceptors (Lipinski definition) is 9. The van der Waals surface area contributed by atoms with Gasteiger partial charge in [0, 0.05) is 19.3 Å². The molecule has 0 saturated carbocycles. The lowest BCUT2D eigenvalue weighted by Crippen LogP contribution is -2.60. The summed E-state index contributed by atoms with van der Waals surface area (Å²) in [6.07, 6.45) is 1.10. The number of nitrogens with zero attached hydrogens (tertiary/aromatic N) is 2. The van der Waals surface area contributed by atoms with Crippen molar-refractivity contribution in [3.8, 4) is 6.07 Å². The molecule has 1 aromatic heterocycles. The van der Waals surface area contributed by atoms with E-state index in [2.05, 4.69) is 20.9 Å². The van der Waals surface area contributed by atoms with E-state index in [0.717, 1.165) is 0 Å². The SMILES string of the molecule is CCCC(CCC)S(=O)(=O)C[C@@H](NC(=O)c1cccnc1)C(=O)N[C@@H](Cc1ccccc1)[C@@H](O)[C@H](O)[C@@H](CC#N)NC(C)=O. The monoisotopic (exact) mass is 629 g/mol. The number of nitriles is 1. The molecule has 0 aliphatic heterocycles. The summed E-state index contributed by atoms with van der Waals surface area (Å²) in [5.41, 5.74) is 0.794. The van der Waals surface area contributed by atoms with Crippen LogP contribution in [-0.2, 0) is 25.8 Å². The molecule has 0 bridgehead atoms. The van der Waals surface area contributed by atoms with E-state index < -0.39 is 68.9 Å². The van der Waals surface area contributed by atoms with Crippen LogP contribution in [0.15, 0.2) is 54.9 Å². The fourth-order valence-corrected chi connectivity index (χ4v) is 7.10. The average molecular weight is 630 g/mol. The molecule has 0 spiro atoms. The van der Waals surface area contributed by atoms with Gasteiger partial charge in [0.2, 0.25) is 11.8 Å². The first-order valence-corrected chi connectivity index (χ1v) is 16.4. The van der Waals surface area contributed by atoms with Crippen molar-refractivity contribution in [2.45, 2.75) is 94.9 Å². The Balaban J connectivity index is 2.46. The molecule has 5 atom stereocenters. The van der Waals surface area contributed by atoms with Crippen LogP contribution in [0.2, 0.25) is 0 Å². The Morgan fingerprint density at radius 1 is 0.932 bits per heavy atom. The number of benzene rings is 1. The van der Waals surface area contributed by atoms with Gasteiger partial charge in [-0.15, -0.1) is 0 Å². The molecule has 0 unspecified atom stereocenters. The van der Waals surface area contributed by atoms with Crippen LogP contribution in [0, 0.1) is 11.3 Å². The highest BCUT2D eigenvalue weighted by atomic mass is 32.2. The maximum atomic E-state index is 13.8. The van der Waals surface area contributed by atoms with Crippen LogP contribution in [0.3, 0.4) is 0 Å². The maximum Gasteiger partial charge on any atom is 0.253 e. The van der Waals surface area contributed by atoms with Crippen LogP contribution in [-0.4, -0.2) is 82.7 Å². The number of carbonyl (C=O) groups is 3. The van der Waals surface area contributed by atoms with Gasteiger partial charge in [-0.25, -0.2) is 8.42 Å². The van der Waals surface area contributed by atoms with E-state index in [1.54, 1.807) is 30.3 Å². The molecular formula is C31H43N5O7S. The van der Waals surface area contributed by atoms with Crippen molar-refractivity contribution in [1.29, 1.82) is 5.26 Å². The fourth-order valence-electron chi connectivity index (χ4n) is 4.94. The first-order valence-electron chi connectivity index (χ1n) is 14.7. The molecule has 0 aliphatic rings. The van der Waals surface area contributed by atoms with E-state index >= 15 is 0 Å². The second-order valence-electron chi connectivity index (χ2n) is 10.8. The number of rotatable bonds is 18. The predicted molar refractivity (Wildman–Crippen MR) is 165 cm³/mol. The lowest BCUT2D eigenvalue weighted by atomic mass is 9.92. The minimum absolute atomic E-state index is 0.00840. The minimum Gasteiger partial charge on any atom is -0.388 e. The molecule has 2 rings (SSSR count). The van der Waals surface area contributed by atoms with Crippen molar-refractivity contribution in [3.05, 3.63) is 66.0 Å². The highest BCUT2D eigenvalue weighted by Crippen LogP contribution is 2.18. The van der Waals surface area contributed by atoms with Gasteiger partial charge in [-0.1, -0.05) is 57.0 Å². The largest absolute Gasteiger partial charge is 0.388 e. The Hall–Kier alpha value is -3.86. The first kappa shape index (κ1) is 36.3. The normalized spacial score (nSPS) is 14.8. The average Bonchev–Trinajstić information content (AvgIpc) is 3.00. The lowest BCUT2D eigenvalue weighted by molar-refractivity contribution is -0.126. The van der Waals surface area contributed by atoms with Gasteiger partial charge in [-0.2, -0.15) is 5.26 Å². The fraction of sp³-hybridized carbons (Fsp3) is 0.516. The van der Waals surface area contributed by atoms with Crippen LogP contribution in [0.5, 0.6) is 0 Å². The third-order valence-corrected chi connectivity index (χ3v) is 9.46. The summed E-state index contributed by atoms with van der Waals surface area (Å²) >= 11 is 0. The molecule has 44 heavy (non-hydrogen) atoms. The summed E-state index contributed by atoms with van der Waals surface area (Å²) < 4.78 is 27.0. The van der Waals surface area contributed by atoms with Gasteiger partial charge >= 0.3 is 0 Å². The summed E-state index contributed by atoms with van der Waals surface area (Å²) in [5.74, 6) is -2.82. The summed E-state index contributed by atoms with van der Waals surface area (Å²) in [5, 5.41) is 38.4. The van der Waals surface area contributed by atoms with Crippen LogP contribution in [0.4, 0.5) is 0 Å². The van der Waals surface area contributed by atoms with Crippen molar-refractivity contribution >= 4 is 27.6 Å². The maximum absolute atomic E-state index is 13.8. The zero-order valence-electron chi connectivity index (χ0n) is 25.3. The molecule has 0 radical (unpaired) electrons. The third-order valence-electron chi connectivity index (χ3n) is 7.17. The number of aromatic nitrogens is 1. The van der Waals surface area contributed by atoms with E-state index in [0.29, 0.717) is 31.2 Å². The Morgan fingerprint density at radius 2 is 1.57 bits per heavy atom. The molecule has 5 N–H and O–H groups in total. The zero-order valence-corrected chi connectivity index (χ0v) is 26.2. The molecule has 240 valence electrons. The number of pyridine rings is 1. The molecule has 1 aromatic carbocycles. The van der Waals surface area contributed by atoms with Crippen molar-refractivity contribution in [2.24, 2.45) is 0 Å². The molecule has 12 nitrogen and oxygen atoms in total. The second-order valence-corrected chi connectivity index (χ2v) is 13.1. The van der Waals surface area contributed by atoms with Crippen LogP contribution in [0.1, 0.15) is 68.8 Å². The highest BCUT2D eigenvalue weighted by Gasteiger charge is 2.37. The van der Waals surface area contributed by atoms with Gasteiger partial charge in [0.1, 0.15) is 18.2 Å². The Morgan fingerprint density at radius 3 is 2.11 bits per heavy atom. The van der Waals surface area contributed by atoms with Gasteiger partial charge in [-0.05, 0) is 37.0 Å². The Labute approximate surface area is 259 Å². The van der Waals surface area contributed by atoms with Gasteiger partial charge in [0.15, 0.2) is 9.84 Å². The number of carbonyl (C=O) groups excluding carboxylic acids is 3. The Kier molecular flexibility index (Phi) is 14.9. The molecule has 3 amide bonds. The summed E-state index contributed by atoms with van der Waals surface area (Å²) in [6, 6.07) is 9.73. The molecule has 1 heterocycles. The zero-order chi connectivity index (χ0) is 32.7. The van der Waals surface area contributed by atoms with Crippen molar-refractivity contribution in [2.75, 3.05) is 5.75 Å². The third kappa shape index (κ3) is 11.3. The lowest BCUT2D eigenvalue weighted by Gasteiger charge is -2.33. The first-order chi connectivity index (χ1) is 20.9. The van der Waals surface area contributed by atoms with Crippen LogP contribution < -0.4 is 16.0 Å².